The van der Waals surface area contributed by atoms with Gasteiger partial charge in [0.25, 0.3) is 5.91 Å². The highest BCUT2D eigenvalue weighted by atomic mass is 79.9. The van der Waals surface area contributed by atoms with E-state index in [1.807, 2.05) is 0 Å². The first kappa shape index (κ1) is 14.1. The van der Waals surface area contributed by atoms with E-state index in [4.69, 9.17) is 9.52 Å². The lowest BCUT2D eigenvalue weighted by Crippen LogP contribution is -2.11. The molecule has 2 N–H and O–H groups in total. The number of carboxylic acid groups (broad SMARTS) is 1. The summed E-state index contributed by atoms with van der Waals surface area (Å²) in [6.45, 7) is 0. The molecular weight excluding hydrogens is 326 g/mol. The molecule has 0 spiro atoms. The Morgan fingerprint density at radius 3 is 2.75 bits per heavy atom. The number of hydrogen-bond donors (Lipinski definition) is 2. The monoisotopic (exact) mass is 335 g/mol. The molecule has 2 rings (SSSR count). The zero-order valence-corrected chi connectivity index (χ0v) is 11.8. The second kappa shape index (κ2) is 6.21. The maximum Gasteiger partial charge on any atom is 0.328 e. The fourth-order valence-electron chi connectivity index (χ4n) is 1.54. The molecule has 2 aromatic rings. The lowest BCUT2D eigenvalue weighted by atomic mass is 10.2. The largest absolute Gasteiger partial charge is 0.478 e. The Balaban J connectivity index is 2.14. The summed E-state index contributed by atoms with van der Waals surface area (Å²) in [6.07, 6.45) is 3.89. The fourth-order valence-corrected chi connectivity index (χ4v) is 1.96. The smallest absolute Gasteiger partial charge is 0.328 e. The molecular formula is C14H10BrNO4. The number of carbonyl (C=O) groups is 2. The van der Waals surface area contributed by atoms with Gasteiger partial charge in [-0.3, -0.25) is 4.79 Å². The summed E-state index contributed by atoms with van der Waals surface area (Å²) in [5, 5.41) is 11.3. The average molecular weight is 336 g/mol. The zero-order valence-electron chi connectivity index (χ0n) is 10.2. The van der Waals surface area contributed by atoms with Crippen molar-refractivity contribution < 1.29 is 19.1 Å². The highest BCUT2D eigenvalue weighted by molar-refractivity contribution is 9.10. The van der Waals surface area contributed by atoms with Gasteiger partial charge in [-0.15, -0.1) is 0 Å². The molecule has 0 aliphatic carbocycles. The van der Waals surface area contributed by atoms with Gasteiger partial charge in [0.1, 0.15) is 0 Å². The third-order valence-electron chi connectivity index (χ3n) is 2.43. The van der Waals surface area contributed by atoms with Crippen molar-refractivity contribution >= 4 is 39.6 Å². The number of benzene rings is 1. The Kier molecular flexibility index (Phi) is 4.37. The van der Waals surface area contributed by atoms with Crippen molar-refractivity contribution in [2.75, 3.05) is 5.32 Å². The molecule has 0 bridgehead atoms. The summed E-state index contributed by atoms with van der Waals surface area (Å²) in [5.74, 6) is -1.34. The minimum absolute atomic E-state index is 0.315. The van der Waals surface area contributed by atoms with Gasteiger partial charge in [-0.25, -0.2) is 4.79 Å². The van der Waals surface area contributed by atoms with E-state index in [-0.39, 0.29) is 5.91 Å². The highest BCUT2D eigenvalue weighted by Gasteiger charge is 2.12. The van der Waals surface area contributed by atoms with Gasteiger partial charge >= 0.3 is 5.97 Å². The minimum atomic E-state index is -1.03. The Hall–Kier alpha value is -2.34. The van der Waals surface area contributed by atoms with Crippen molar-refractivity contribution in [3.63, 3.8) is 0 Å². The summed E-state index contributed by atoms with van der Waals surface area (Å²) in [6, 6.07) is 8.40. The summed E-state index contributed by atoms with van der Waals surface area (Å²) in [4.78, 5) is 22.4. The zero-order chi connectivity index (χ0) is 14.5. The molecule has 0 atom stereocenters. The predicted molar refractivity (Wildman–Crippen MR) is 77.5 cm³/mol. The van der Waals surface area contributed by atoms with Crippen molar-refractivity contribution in [3.05, 3.63) is 58.5 Å². The van der Waals surface area contributed by atoms with Crippen LogP contribution in [0.4, 0.5) is 5.69 Å². The minimum Gasteiger partial charge on any atom is -0.478 e. The first-order chi connectivity index (χ1) is 9.56. The van der Waals surface area contributed by atoms with Crippen LogP contribution in [0.2, 0.25) is 0 Å². The van der Waals surface area contributed by atoms with Gasteiger partial charge in [0, 0.05) is 11.8 Å². The van der Waals surface area contributed by atoms with E-state index < -0.39 is 5.97 Å². The molecule has 0 saturated carbocycles. The van der Waals surface area contributed by atoms with Crippen LogP contribution in [0.1, 0.15) is 15.9 Å². The van der Waals surface area contributed by atoms with Crippen LogP contribution in [0.15, 0.2) is 51.8 Å². The molecule has 1 aromatic carbocycles. The van der Waals surface area contributed by atoms with E-state index in [0.29, 0.717) is 21.5 Å². The Labute approximate surface area is 123 Å². The number of furan rings is 1. The number of nitrogens with one attached hydrogen (secondary N) is 1. The van der Waals surface area contributed by atoms with E-state index in [9.17, 15) is 9.59 Å². The van der Waals surface area contributed by atoms with Gasteiger partial charge in [0.15, 0.2) is 4.67 Å². The molecule has 0 radical (unpaired) electrons. The molecule has 0 aliphatic heterocycles. The predicted octanol–water partition coefficient (Wildman–Crippen LogP) is 3.39. The van der Waals surface area contributed by atoms with Crippen LogP contribution in [-0.4, -0.2) is 17.0 Å². The molecule has 0 unspecified atom stereocenters. The SMILES string of the molecule is O=C(O)/C=C/c1cccc(NC(=O)c2ccoc2Br)c1. The van der Waals surface area contributed by atoms with Crippen molar-refractivity contribution in [2.24, 2.45) is 0 Å². The summed E-state index contributed by atoms with van der Waals surface area (Å²) in [7, 11) is 0. The van der Waals surface area contributed by atoms with Crippen molar-refractivity contribution in [1.29, 1.82) is 0 Å². The molecule has 102 valence electrons. The van der Waals surface area contributed by atoms with Crippen molar-refractivity contribution in [2.45, 2.75) is 0 Å². The van der Waals surface area contributed by atoms with E-state index in [1.165, 1.54) is 12.3 Å². The van der Waals surface area contributed by atoms with Gasteiger partial charge < -0.3 is 14.8 Å². The number of halogens is 1. The number of carbonyl (C=O) groups excluding carboxylic acids is 1. The number of anilines is 1. The molecule has 20 heavy (non-hydrogen) atoms. The highest BCUT2D eigenvalue weighted by Crippen LogP contribution is 2.19. The topological polar surface area (TPSA) is 79.5 Å². The quantitative estimate of drug-likeness (QED) is 0.839. The van der Waals surface area contributed by atoms with Crippen LogP contribution < -0.4 is 5.32 Å². The number of amides is 1. The Morgan fingerprint density at radius 2 is 2.10 bits per heavy atom. The molecule has 0 fully saturated rings. The van der Waals surface area contributed by atoms with E-state index in [2.05, 4.69) is 21.2 Å². The summed E-state index contributed by atoms with van der Waals surface area (Å²) < 4.78 is 5.35. The number of rotatable bonds is 4. The third kappa shape index (κ3) is 3.58. The average Bonchev–Trinajstić information content (AvgIpc) is 2.83. The first-order valence-electron chi connectivity index (χ1n) is 5.61. The van der Waals surface area contributed by atoms with Crippen molar-refractivity contribution in [3.8, 4) is 0 Å². The third-order valence-corrected chi connectivity index (χ3v) is 3.04. The molecule has 0 saturated heterocycles. The summed E-state index contributed by atoms with van der Waals surface area (Å²) in [5.41, 5.74) is 1.63. The van der Waals surface area contributed by atoms with Crippen LogP contribution in [0.3, 0.4) is 0 Å². The van der Waals surface area contributed by atoms with E-state index in [1.54, 1.807) is 30.3 Å². The molecule has 1 aromatic heterocycles. The van der Waals surface area contributed by atoms with Crippen LogP contribution in [-0.2, 0) is 4.79 Å². The fraction of sp³-hybridized carbons (Fsp3) is 0. The maximum absolute atomic E-state index is 12.0. The second-order valence-electron chi connectivity index (χ2n) is 3.86. The standard InChI is InChI=1S/C14H10BrNO4/c15-13-11(6-7-20-13)14(19)16-10-3-1-2-9(8-10)4-5-12(17)18/h1-8H,(H,16,19)(H,17,18)/b5-4+. The maximum atomic E-state index is 12.0. The van der Waals surface area contributed by atoms with Crippen LogP contribution in [0.25, 0.3) is 6.08 Å². The lowest BCUT2D eigenvalue weighted by Gasteiger charge is -2.04. The number of carboxylic acids is 1. The molecule has 0 aliphatic rings. The molecule has 5 nitrogen and oxygen atoms in total. The van der Waals surface area contributed by atoms with Gasteiger partial charge in [0.2, 0.25) is 0 Å². The number of hydrogen-bond acceptors (Lipinski definition) is 3. The first-order valence-corrected chi connectivity index (χ1v) is 6.41. The van der Waals surface area contributed by atoms with Crippen LogP contribution >= 0.6 is 15.9 Å². The second-order valence-corrected chi connectivity index (χ2v) is 4.58. The lowest BCUT2D eigenvalue weighted by molar-refractivity contribution is -0.131. The summed E-state index contributed by atoms with van der Waals surface area (Å²) >= 11 is 3.13. The van der Waals surface area contributed by atoms with Gasteiger partial charge in [-0.1, -0.05) is 12.1 Å². The van der Waals surface area contributed by atoms with Gasteiger partial charge in [-0.2, -0.15) is 0 Å². The Morgan fingerprint density at radius 1 is 1.30 bits per heavy atom. The van der Waals surface area contributed by atoms with Crippen LogP contribution in [0, 0.1) is 0 Å². The normalized spacial score (nSPS) is 10.7. The van der Waals surface area contributed by atoms with Gasteiger partial charge in [0.05, 0.1) is 11.8 Å². The van der Waals surface area contributed by atoms with E-state index in [0.717, 1.165) is 6.08 Å². The molecule has 1 heterocycles. The molecule has 6 heteroatoms. The Bertz CT molecular complexity index is 675. The van der Waals surface area contributed by atoms with Crippen molar-refractivity contribution in [1.82, 2.24) is 0 Å². The van der Waals surface area contributed by atoms with Gasteiger partial charge in [-0.05, 0) is 45.8 Å². The van der Waals surface area contributed by atoms with E-state index >= 15 is 0 Å². The number of aliphatic carboxylic acids is 1. The van der Waals surface area contributed by atoms with Crippen LogP contribution in [0.5, 0.6) is 0 Å². The molecule has 1 amide bonds.